The van der Waals surface area contributed by atoms with Gasteiger partial charge in [-0.25, -0.2) is 13.8 Å². The van der Waals surface area contributed by atoms with E-state index in [-0.39, 0.29) is 28.1 Å². The Balaban J connectivity index is 1.99. The van der Waals surface area contributed by atoms with Crippen molar-refractivity contribution < 1.29 is 13.5 Å². The summed E-state index contributed by atoms with van der Waals surface area (Å²) in [4.78, 5) is 20.3. The quantitative estimate of drug-likeness (QED) is 0.615. The van der Waals surface area contributed by atoms with Crippen LogP contribution >= 0.6 is 0 Å². The number of rotatable bonds is 4. The van der Waals surface area contributed by atoms with Crippen LogP contribution in [0.4, 0.5) is 14.7 Å². The number of aromatic nitrogens is 2. The smallest absolute Gasteiger partial charge is 0.263 e. The van der Waals surface area contributed by atoms with Gasteiger partial charge in [0, 0.05) is 25.7 Å². The van der Waals surface area contributed by atoms with Crippen LogP contribution in [0.25, 0.3) is 22.4 Å². The topological polar surface area (TPSA) is 71.2 Å². The number of nitrogens with zero attached hydrogens (tertiary/aromatic N) is 4. The monoisotopic (exact) mass is 436 g/mol. The van der Waals surface area contributed by atoms with Crippen molar-refractivity contribution in [2.75, 3.05) is 25.1 Å². The lowest BCUT2D eigenvalue weighted by Crippen LogP contribution is -2.31. The van der Waals surface area contributed by atoms with E-state index in [1.54, 1.807) is 25.2 Å². The molecular weight excluding hydrogens is 414 g/mol. The molecule has 1 aliphatic heterocycles. The molecule has 6 nitrogen and oxygen atoms in total. The molecule has 0 radical (unpaired) electrons. The molecule has 0 amide bonds. The van der Waals surface area contributed by atoms with Crippen molar-refractivity contribution in [3.05, 3.63) is 63.9 Å². The summed E-state index contributed by atoms with van der Waals surface area (Å²) in [6.45, 7) is 3.63. The molecular formula is C24H22F2N4O2. The van der Waals surface area contributed by atoms with Crippen LogP contribution in [0.5, 0.6) is 5.75 Å². The predicted molar refractivity (Wildman–Crippen MR) is 118 cm³/mol. The number of halogens is 2. The molecule has 2 heterocycles. The zero-order chi connectivity index (χ0) is 23.0. The summed E-state index contributed by atoms with van der Waals surface area (Å²) in [7, 11) is 2.98. The minimum Gasteiger partial charge on any atom is -0.494 e. The first-order chi connectivity index (χ1) is 15.3. The fourth-order valence-corrected chi connectivity index (χ4v) is 4.03. The summed E-state index contributed by atoms with van der Waals surface area (Å²) in [6.07, 6.45) is 0.974. The van der Waals surface area contributed by atoms with Gasteiger partial charge in [-0.2, -0.15) is 5.26 Å². The summed E-state index contributed by atoms with van der Waals surface area (Å²) >= 11 is 0. The van der Waals surface area contributed by atoms with Crippen LogP contribution in [-0.4, -0.2) is 29.8 Å². The highest BCUT2D eigenvalue weighted by Gasteiger charge is 2.26. The van der Waals surface area contributed by atoms with Crippen molar-refractivity contribution in [2.24, 2.45) is 13.0 Å². The summed E-state index contributed by atoms with van der Waals surface area (Å²) in [5.41, 5.74) is 0.531. The molecule has 3 aromatic rings. The van der Waals surface area contributed by atoms with Gasteiger partial charge >= 0.3 is 0 Å². The van der Waals surface area contributed by atoms with Crippen molar-refractivity contribution >= 4 is 5.95 Å². The SMILES string of the molecule is COc1ccc(-c2c(-c3ccc(C#N)c(F)c3)nc(N3CC[C@H](C)C3)n(C)c2=O)cc1F. The minimum absolute atomic E-state index is 0.0483. The Morgan fingerprint density at radius 2 is 1.88 bits per heavy atom. The molecule has 0 aliphatic carbocycles. The predicted octanol–water partition coefficient (Wildman–Crippen LogP) is 4.12. The first-order valence-electron chi connectivity index (χ1n) is 10.2. The molecule has 1 aromatic heterocycles. The highest BCUT2D eigenvalue weighted by atomic mass is 19.1. The average molecular weight is 436 g/mol. The summed E-state index contributed by atoms with van der Waals surface area (Å²) in [5.74, 6) is -0.362. The lowest BCUT2D eigenvalue weighted by molar-refractivity contribution is 0.386. The van der Waals surface area contributed by atoms with Crippen molar-refractivity contribution in [1.82, 2.24) is 9.55 Å². The number of ether oxygens (including phenoxy) is 1. The summed E-state index contributed by atoms with van der Waals surface area (Å²) < 4.78 is 35.3. The molecule has 0 unspecified atom stereocenters. The van der Waals surface area contributed by atoms with Gasteiger partial charge in [0.05, 0.1) is 23.9 Å². The van der Waals surface area contributed by atoms with Gasteiger partial charge in [-0.3, -0.25) is 9.36 Å². The van der Waals surface area contributed by atoms with Crippen LogP contribution in [0.3, 0.4) is 0 Å². The molecule has 4 rings (SSSR count). The van der Waals surface area contributed by atoms with E-state index in [2.05, 4.69) is 6.92 Å². The Morgan fingerprint density at radius 3 is 2.47 bits per heavy atom. The van der Waals surface area contributed by atoms with Crippen molar-refractivity contribution in [2.45, 2.75) is 13.3 Å². The normalized spacial score (nSPS) is 15.6. The Bertz CT molecular complexity index is 1300. The number of methoxy groups -OCH3 is 1. The zero-order valence-corrected chi connectivity index (χ0v) is 18.0. The van der Waals surface area contributed by atoms with E-state index in [1.807, 2.05) is 4.90 Å². The first kappa shape index (κ1) is 21.5. The molecule has 8 heteroatoms. The highest BCUT2D eigenvalue weighted by molar-refractivity contribution is 5.81. The van der Waals surface area contributed by atoms with Crippen LogP contribution < -0.4 is 15.2 Å². The second-order valence-electron chi connectivity index (χ2n) is 8.00. The molecule has 1 saturated heterocycles. The van der Waals surface area contributed by atoms with Gasteiger partial charge in [0.2, 0.25) is 5.95 Å². The molecule has 164 valence electrons. The van der Waals surface area contributed by atoms with E-state index < -0.39 is 11.6 Å². The first-order valence-corrected chi connectivity index (χ1v) is 10.2. The van der Waals surface area contributed by atoms with E-state index >= 15 is 0 Å². The maximum Gasteiger partial charge on any atom is 0.263 e. The van der Waals surface area contributed by atoms with Gasteiger partial charge in [0.1, 0.15) is 11.9 Å². The second-order valence-corrected chi connectivity index (χ2v) is 8.00. The van der Waals surface area contributed by atoms with E-state index in [0.29, 0.717) is 23.0 Å². The zero-order valence-electron chi connectivity index (χ0n) is 18.0. The van der Waals surface area contributed by atoms with Crippen molar-refractivity contribution in [3.63, 3.8) is 0 Å². The van der Waals surface area contributed by atoms with Gasteiger partial charge in [-0.15, -0.1) is 0 Å². The number of hydrogen-bond donors (Lipinski definition) is 0. The third-order valence-electron chi connectivity index (χ3n) is 5.78. The molecule has 0 bridgehead atoms. The summed E-state index contributed by atoms with van der Waals surface area (Å²) in [5, 5.41) is 9.07. The Morgan fingerprint density at radius 1 is 1.16 bits per heavy atom. The largest absolute Gasteiger partial charge is 0.494 e. The lowest BCUT2D eigenvalue weighted by atomic mass is 9.99. The van der Waals surface area contributed by atoms with Crippen molar-refractivity contribution in [3.8, 4) is 34.2 Å². The average Bonchev–Trinajstić information content (AvgIpc) is 3.21. The number of benzene rings is 2. The third-order valence-corrected chi connectivity index (χ3v) is 5.78. The van der Waals surface area contributed by atoms with Gasteiger partial charge in [-0.05, 0) is 42.2 Å². The van der Waals surface area contributed by atoms with Crippen LogP contribution in [0.1, 0.15) is 18.9 Å². The standard InChI is InChI=1S/C24H22F2N4O2/c1-14-8-9-30(13-14)24-28-22(16-4-5-17(12-27)18(25)11-16)21(23(31)29(24)2)15-6-7-20(32-3)19(26)10-15/h4-7,10-11,14H,8-9,13H2,1-3H3/t14-/m0/s1. The Labute approximate surface area is 184 Å². The van der Waals surface area contributed by atoms with Gasteiger partial charge in [0.15, 0.2) is 11.6 Å². The molecule has 1 atom stereocenters. The van der Waals surface area contributed by atoms with Crippen molar-refractivity contribution in [1.29, 1.82) is 5.26 Å². The molecule has 0 saturated carbocycles. The van der Waals surface area contributed by atoms with E-state index in [4.69, 9.17) is 15.0 Å². The Hall–Kier alpha value is -3.73. The molecule has 32 heavy (non-hydrogen) atoms. The van der Waals surface area contributed by atoms with Gasteiger partial charge in [0.25, 0.3) is 5.56 Å². The van der Waals surface area contributed by atoms with Crippen LogP contribution in [0.15, 0.2) is 41.2 Å². The van der Waals surface area contributed by atoms with E-state index in [9.17, 15) is 13.6 Å². The molecule has 2 aromatic carbocycles. The van der Waals surface area contributed by atoms with Gasteiger partial charge < -0.3 is 9.64 Å². The molecule has 0 N–H and O–H groups in total. The van der Waals surface area contributed by atoms with Crippen LogP contribution in [0.2, 0.25) is 0 Å². The van der Waals surface area contributed by atoms with E-state index in [1.165, 1.54) is 35.9 Å². The van der Waals surface area contributed by atoms with Gasteiger partial charge in [-0.1, -0.05) is 19.1 Å². The maximum absolute atomic E-state index is 14.5. The number of anilines is 1. The molecule has 1 aliphatic rings. The molecule has 0 spiro atoms. The fraction of sp³-hybridized carbons (Fsp3) is 0.292. The second kappa shape index (κ2) is 8.42. The highest BCUT2D eigenvalue weighted by Crippen LogP contribution is 2.33. The number of hydrogen-bond acceptors (Lipinski definition) is 5. The third kappa shape index (κ3) is 3.71. The molecule has 1 fully saturated rings. The number of nitriles is 1. The summed E-state index contributed by atoms with van der Waals surface area (Å²) in [6, 6.07) is 10.1. The van der Waals surface area contributed by atoms with Crippen LogP contribution in [0, 0.1) is 28.9 Å². The Kier molecular flexibility index (Phi) is 5.66. The maximum atomic E-state index is 14.5. The fourth-order valence-electron chi connectivity index (χ4n) is 4.03. The minimum atomic E-state index is -0.712. The van der Waals surface area contributed by atoms with E-state index in [0.717, 1.165) is 19.5 Å². The lowest BCUT2D eigenvalue weighted by Gasteiger charge is -2.22. The van der Waals surface area contributed by atoms with Crippen LogP contribution in [-0.2, 0) is 7.05 Å².